The minimum absolute atomic E-state index is 0.0861. The van der Waals surface area contributed by atoms with Crippen molar-refractivity contribution in [2.45, 2.75) is 76.2 Å². The molecule has 2 N–H and O–H groups in total. The summed E-state index contributed by atoms with van der Waals surface area (Å²) in [5, 5.41) is 20.1. The van der Waals surface area contributed by atoms with E-state index in [4.69, 9.17) is 14.2 Å². The van der Waals surface area contributed by atoms with Gasteiger partial charge < -0.3 is 24.4 Å². The number of rotatable bonds is 5. The molecule has 0 aliphatic carbocycles. The predicted molar refractivity (Wildman–Crippen MR) is 88.5 cm³/mol. The normalized spacial score (nSPS) is 37.4. The Bertz CT molecular complexity index is 528. The first-order valence-electron chi connectivity index (χ1n) is 8.70. The van der Waals surface area contributed by atoms with Gasteiger partial charge in [0.25, 0.3) is 0 Å². The molecule has 0 unspecified atom stereocenters. The molecule has 0 bridgehead atoms. The maximum absolute atomic E-state index is 12.3. The smallest absolute Gasteiger partial charge is 0.347 e. The molecule has 0 amide bonds. The second kappa shape index (κ2) is 9.12. The fourth-order valence-corrected chi connectivity index (χ4v) is 2.61. The Morgan fingerprint density at radius 3 is 2.80 bits per heavy atom. The van der Waals surface area contributed by atoms with E-state index in [1.165, 1.54) is 12.2 Å². The van der Waals surface area contributed by atoms with E-state index in [0.29, 0.717) is 19.3 Å². The summed E-state index contributed by atoms with van der Waals surface area (Å²) >= 11 is 0. The lowest BCUT2D eigenvalue weighted by Gasteiger charge is -2.27. The summed E-state index contributed by atoms with van der Waals surface area (Å²) in [7, 11) is 0. The molecule has 7 nitrogen and oxygen atoms in total. The summed E-state index contributed by atoms with van der Waals surface area (Å²) in [5.74, 6) is -1.35. The quantitative estimate of drug-likeness (QED) is 0.329. The molecular weight excluding hydrogens is 328 g/mol. The fourth-order valence-electron chi connectivity index (χ4n) is 2.61. The highest BCUT2D eigenvalue weighted by Crippen LogP contribution is 2.22. The van der Waals surface area contributed by atoms with Gasteiger partial charge in [0.2, 0.25) is 0 Å². The van der Waals surface area contributed by atoms with E-state index in [1.54, 1.807) is 12.2 Å². The summed E-state index contributed by atoms with van der Waals surface area (Å²) in [4.78, 5) is 24.2. The predicted octanol–water partition coefficient (Wildman–Crippen LogP) is 1.03. The van der Waals surface area contributed by atoms with E-state index >= 15 is 0 Å². The van der Waals surface area contributed by atoms with Crippen molar-refractivity contribution in [2.24, 2.45) is 0 Å². The number of esters is 2. The maximum Gasteiger partial charge on any atom is 0.347 e. The fraction of sp³-hybridized carbons (Fsp3) is 0.667. The summed E-state index contributed by atoms with van der Waals surface area (Å²) in [5.41, 5.74) is 0. The number of hydrogen-bond acceptors (Lipinski definition) is 7. The van der Waals surface area contributed by atoms with Gasteiger partial charge in [-0.15, -0.1) is 0 Å². The van der Waals surface area contributed by atoms with Gasteiger partial charge in [-0.25, -0.2) is 9.59 Å². The molecular formula is C18H26O7. The molecule has 6 atom stereocenters. The lowest BCUT2D eigenvalue weighted by Crippen LogP contribution is -2.42. The minimum Gasteiger partial charge on any atom is -0.457 e. The van der Waals surface area contributed by atoms with Gasteiger partial charge in [0.1, 0.15) is 24.4 Å². The highest BCUT2D eigenvalue weighted by atomic mass is 16.6. The van der Waals surface area contributed by atoms with Crippen molar-refractivity contribution in [2.75, 3.05) is 0 Å². The van der Waals surface area contributed by atoms with Gasteiger partial charge in [0.05, 0.1) is 6.10 Å². The number of ether oxygens (including phenoxy) is 3. The van der Waals surface area contributed by atoms with E-state index < -0.39 is 36.4 Å². The van der Waals surface area contributed by atoms with Crippen molar-refractivity contribution < 1.29 is 34.0 Å². The number of cyclic esters (lactones) is 1. The third-order valence-electron chi connectivity index (χ3n) is 4.20. The Kier molecular flexibility index (Phi) is 7.16. The van der Waals surface area contributed by atoms with E-state index in [2.05, 4.69) is 0 Å². The SMILES string of the molecule is CCC[C@H]1OC(=O)[C@@H](OC(=O)/C=C/[C@@H]2O[C@H]2C)CC/C=C/[C@H](O)[C@@H]1O. The molecule has 2 heterocycles. The topological polar surface area (TPSA) is 106 Å². The van der Waals surface area contributed by atoms with Gasteiger partial charge in [0, 0.05) is 6.08 Å². The molecule has 0 aromatic rings. The van der Waals surface area contributed by atoms with Crippen molar-refractivity contribution in [1.29, 1.82) is 0 Å². The van der Waals surface area contributed by atoms with E-state index in [0.717, 1.165) is 0 Å². The first kappa shape index (κ1) is 19.6. The highest BCUT2D eigenvalue weighted by molar-refractivity contribution is 5.85. The van der Waals surface area contributed by atoms with Crippen LogP contribution in [0.2, 0.25) is 0 Å². The van der Waals surface area contributed by atoms with Crippen LogP contribution in [0.4, 0.5) is 0 Å². The molecule has 1 saturated heterocycles. The van der Waals surface area contributed by atoms with Crippen LogP contribution < -0.4 is 0 Å². The number of aliphatic hydroxyl groups is 2. The second-order valence-corrected chi connectivity index (χ2v) is 6.34. The summed E-state index contributed by atoms with van der Waals surface area (Å²) in [6.07, 6.45) is 3.46. The number of hydrogen-bond donors (Lipinski definition) is 2. The third-order valence-corrected chi connectivity index (χ3v) is 4.20. The molecule has 0 spiro atoms. The lowest BCUT2D eigenvalue weighted by molar-refractivity contribution is -0.176. The molecule has 25 heavy (non-hydrogen) atoms. The molecule has 0 aromatic carbocycles. The number of epoxide rings is 1. The van der Waals surface area contributed by atoms with E-state index in [9.17, 15) is 19.8 Å². The molecule has 140 valence electrons. The molecule has 1 fully saturated rings. The zero-order valence-corrected chi connectivity index (χ0v) is 14.5. The molecule has 7 heteroatoms. The molecule has 0 aromatic heterocycles. The number of carbonyl (C=O) groups is 2. The minimum atomic E-state index is -1.22. The van der Waals surface area contributed by atoms with Gasteiger partial charge >= 0.3 is 11.9 Å². The van der Waals surface area contributed by atoms with Crippen LogP contribution in [0.1, 0.15) is 39.5 Å². The van der Waals surface area contributed by atoms with Crippen LogP contribution in [0, 0.1) is 0 Å². The Labute approximate surface area is 147 Å². The number of carbonyl (C=O) groups excluding carboxylic acids is 2. The van der Waals surface area contributed by atoms with Crippen LogP contribution in [0.25, 0.3) is 0 Å². The van der Waals surface area contributed by atoms with Gasteiger partial charge in [-0.1, -0.05) is 25.5 Å². The molecule has 2 aliphatic rings. The standard InChI is InChI=1S/C18H26O7/c1-3-6-14-17(21)12(19)7-4-5-8-15(18(22)25-14)24-16(20)10-9-13-11(2)23-13/h4,7,9-15,17,19,21H,3,5-6,8H2,1-2H3/b7-4+,10-9+/t11-,12-,13-,14+,15-,17-/m0/s1. The van der Waals surface area contributed by atoms with Crippen LogP contribution in [-0.2, 0) is 23.8 Å². The summed E-state index contributed by atoms with van der Waals surface area (Å²) in [6.45, 7) is 3.77. The summed E-state index contributed by atoms with van der Waals surface area (Å²) in [6, 6.07) is 0. The van der Waals surface area contributed by atoms with Crippen LogP contribution in [0.5, 0.6) is 0 Å². The average Bonchev–Trinajstić information content (AvgIpc) is 3.29. The molecule has 2 aliphatic heterocycles. The highest BCUT2D eigenvalue weighted by Gasteiger charge is 2.33. The molecule has 2 rings (SSSR count). The first-order valence-corrected chi connectivity index (χ1v) is 8.70. The van der Waals surface area contributed by atoms with Gasteiger partial charge in [0.15, 0.2) is 6.10 Å². The summed E-state index contributed by atoms with van der Waals surface area (Å²) < 4.78 is 15.7. The third kappa shape index (κ3) is 5.95. The molecule has 0 saturated carbocycles. The maximum atomic E-state index is 12.3. The Morgan fingerprint density at radius 1 is 1.44 bits per heavy atom. The van der Waals surface area contributed by atoms with Crippen molar-refractivity contribution in [1.82, 2.24) is 0 Å². The van der Waals surface area contributed by atoms with Gasteiger partial charge in [-0.2, -0.15) is 0 Å². The Morgan fingerprint density at radius 2 is 2.16 bits per heavy atom. The van der Waals surface area contributed by atoms with Crippen molar-refractivity contribution in [3.63, 3.8) is 0 Å². The van der Waals surface area contributed by atoms with Crippen molar-refractivity contribution in [3.8, 4) is 0 Å². The second-order valence-electron chi connectivity index (χ2n) is 6.34. The van der Waals surface area contributed by atoms with E-state index in [1.807, 2.05) is 13.8 Å². The Balaban J connectivity index is 2.01. The van der Waals surface area contributed by atoms with Gasteiger partial charge in [-0.3, -0.25) is 0 Å². The molecule has 0 radical (unpaired) electrons. The lowest BCUT2D eigenvalue weighted by atomic mass is 10.0. The zero-order valence-electron chi connectivity index (χ0n) is 14.5. The van der Waals surface area contributed by atoms with Crippen molar-refractivity contribution in [3.05, 3.63) is 24.3 Å². The largest absolute Gasteiger partial charge is 0.457 e. The number of aliphatic hydroxyl groups excluding tert-OH is 2. The first-order chi connectivity index (χ1) is 11.9. The zero-order chi connectivity index (χ0) is 18.4. The van der Waals surface area contributed by atoms with Crippen molar-refractivity contribution >= 4 is 11.9 Å². The van der Waals surface area contributed by atoms with Crippen LogP contribution in [0.3, 0.4) is 0 Å². The number of allylic oxidation sites excluding steroid dienone is 1. The monoisotopic (exact) mass is 354 g/mol. The van der Waals surface area contributed by atoms with Crippen LogP contribution in [0.15, 0.2) is 24.3 Å². The van der Waals surface area contributed by atoms with Crippen LogP contribution >= 0.6 is 0 Å². The van der Waals surface area contributed by atoms with E-state index in [-0.39, 0.29) is 18.6 Å². The Hall–Kier alpha value is -1.70. The van der Waals surface area contributed by atoms with Crippen LogP contribution in [-0.4, -0.2) is 58.8 Å². The van der Waals surface area contributed by atoms with Gasteiger partial charge in [-0.05, 0) is 32.3 Å². The average molecular weight is 354 g/mol.